The topological polar surface area (TPSA) is 66.5 Å². The molecule has 1 aliphatic rings. The lowest BCUT2D eigenvalue weighted by Crippen LogP contribution is -2.48. The van der Waals surface area contributed by atoms with Crippen LogP contribution in [-0.4, -0.2) is 56.9 Å². The van der Waals surface area contributed by atoms with Gasteiger partial charge in [0.15, 0.2) is 9.84 Å². The van der Waals surface area contributed by atoms with Crippen LogP contribution >= 0.6 is 0 Å². The molecule has 94 valence electrons. The minimum absolute atomic E-state index is 0.0702. The average molecular weight is 248 g/mol. The molecule has 1 amide bonds. The number of rotatable bonds is 4. The van der Waals surface area contributed by atoms with Crippen LogP contribution in [0.25, 0.3) is 0 Å². The van der Waals surface area contributed by atoms with E-state index in [0.29, 0.717) is 13.1 Å². The van der Waals surface area contributed by atoms with E-state index in [2.05, 4.69) is 5.32 Å². The zero-order valence-corrected chi connectivity index (χ0v) is 10.7. The molecule has 0 spiro atoms. The quantitative estimate of drug-likeness (QED) is 0.727. The van der Waals surface area contributed by atoms with Crippen molar-refractivity contribution in [3.63, 3.8) is 0 Å². The lowest BCUT2D eigenvalue weighted by Gasteiger charge is -2.27. The molecular weight excluding hydrogens is 228 g/mol. The fourth-order valence-electron chi connectivity index (χ4n) is 1.76. The van der Waals surface area contributed by atoms with Crippen LogP contribution in [-0.2, 0) is 14.6 Å². The van der Waals surface area contributed by atoms with Gasteiger partial charge in [0.05, 0.1) is 5.75 Å². The summed E-state index contributed by atoms with van der Waals surface area (Å²) in [6.07, 6.45) is 0. The molecule has 1 saturated heterocycles. The first-order valence-electron chi connectivity index (χ1n) is 5.59. The van der Waals surface area contributed by atoms with Crippen LogP contribution in [0, 0.1) is 5.92 Å². The second-order valence-electron chi connectivity index (χ2n) is 4.58. The molecule has 6 heteroatoms. The lowest BCUT2D eigenvalue weighted by atomic mass is 10.3. The van der Waals surface area contributed by atoms with E-state index in [-0.39, 0.29) is 23.3 Å². The normalized spacial score (nSPS) is 17.8. The van der Waals surface area contributed by atoms with Crippen molar-refractivity contribution in [1.29, 1.82) is 0 Å². The second-order valence-corrected chi connectivity index (χ2v) is 6.69. The highest BCUT2D eigenvalue weighted by molar-refractivity contribution is 7.92. The summed E-state index contributed by atoms with van der Waals surface area (Å²) in [4.78, 5) is 13.3. The summed E-state index contributed by atoms with van der Waals surface area (Å²) in [5, 5.41) is 3.12. The maximum absolute atomic E-state index is 11.7. The van der Waals surface area contributed by atoms with E-state index < -0.39 is 9.84 Å². The standard InChI is InChI=1S/C10H20N2O3S/c1-9(2)7-16(14,15)8-10(13)12-5-3-11-4-6-12/h9,11H,3-8H2,1-2H3. The molecule has 1 rings (SSSR count). The Labute approximate surface area is 97.1 Å². The molecule has 0 aromatic rings. The smallest absolute Gasteiger partial charge is 0.237 e. The van der Waals surface area contributed by atoms with Crippen LogP contribution in [0.2, 0.25) is 0 Å². The third kappa shape index (κ3) is 4.49. The molecule has 0 aromatic heterocycles. The summed E-state index contributed by atoms with van der Waals surface area (Å²) in [7, 11) is -3.24. The van der Waals surface area contributed by atoms with Crippen LogP contribution in [0.5, 0.6) is 0 Å². The number of sulfone groups is 1. The molecule has 1 fully saturated rings. The zero-order chi connectivity index (χ0) is 12.2. The maximum atomic E-state index is 11.7. The predicted molar refractivity (Wildman–Crippen MR) is 62.9 cm³/mol. The van der Waals surface area contributed by atoms with Crippen LogP contribution in [0.3, 0.4) is 0 Å². The fraction of sp³-hybridized carbons (Fsp3) is 0.900. The van der Waals surface area contributed by atoms with Gasteiger partial charge in [-0.05, 0) is 5.92 Å². The van der Waals surface area contributed by atoms with Crippen LogP contribution in [0.4, 0.5) is 0 Å². The Balaban J connectivity index is 2.49. The summed E-state index contributed by atoms with van der Waals surface area (Å²) in [6.45, 7) is 6.39. The van der Waals surface area contributed by atoms with Gasteiger partial charge in [-0.25, -0.2) is 8.42 Å². The molecule has 0 aliphatic carbocycles. The van der Waals surface area contributed by atoms with Crippen molar-refractivity contribution in [2.24, 2.45) is 5.92 Å². The summed E-state index contributed by atoms with van der Waals surface area (Å²) in [5.41, 5.74) is 0. The number of hydrogen-bond donors (Lipinski definition) is 1. The van der Waals surface area contributed by atoms with Gasteiger partial charge in [-0.1, -0.05) is 13.8 Å². The number of hydrogen-bond acceptors (Lipinski definition) is 4. The van der Waals surface area contributed by atoms with Crippen molar-refractivity contribution < 1.29 is 13.2 Å². The molecule has 16 heavy (non-hydrogen) atoms. The van der Waals surface area contributed by atoms with E-state index in [1.165, 1.54) is 0 Å². The molecule has 0 saturated carbocycles. The zero-order valence-electron chi connectivity index (χ0n) is 9.90. The molecule has 0 aromatic carbocycles. The van der Waals surface area contributed by atoms with Crippen LogP contribution in [0.15, 0.2) is 0 Å². The van der Waals surface area contributed by atoms with Crippen LogP contribution in [0.1, 0.15) is 13.8 Å². The Morgan fingerprint density at radius 1 is 1.31 bits per heavy atom. The van der Waals surface area contributed by atoms with Gasteiger partial charge < -0.3 is 10.2 Å². The molecule has 0 bridgehead atoms. The van der Waals surface area contributed by atoms with Gasteiger partial charge in [0.2, 0.25) is 5.91 Å². The lowest BCUT2D eigenvalue weighted by molar-refractivity contribution is -0.128. The van der Waals surface area contributed by atoms with E-state index in [0.717, 1.165) is 13.1 Å². The first kappa shape index (κ1) is 13.4. The minimum atomic E-state index is -3.24. The van der Waals surface area contributed by atoms with Gasteiger partial charge in [-0.15, -0.1) is 0 Å². The van der Waals surface area contributed by atoms with Gasteiger partial charge in [-0.3, -0.25) is 4.79 Å². The van der Waals surface area contributed by atoms with Gasteiger partial charge in [0, 0.05) is 26.2 Å². The fourth-order valence-corrected chi connectivity index (χ4v) is 3.45. The molecule has 0 unspecified atom stereocenters. The molecule has 0 radical (unpaired) electrons. The molecule has 1 N–H and O–H groups in total. The van der Waals surface area contributed by atoms with E-state index in [1.54, 1.807) is 4.90 Å². The van der Waals surface area contributed by atoms with Crippen molar-refractivity contribution >= 4 is 15.7 Å². The number of piperazine rings is 1. The van der Waals surface area contributed by atoms with Gasteiger partial charge in [-0.2, -0.15) is 0 Å². The van der Waals surface area contributed by atoms with Gasteiger partial charge >= 0.3 is 0 Å². The Morgan fingerprint density at radius 3 is 2.38 bits per heavy atom. The summed E-state index contributed by atoms with van der Waals surface area (Å²) in [5.74, 6) is -0.446. The minimum Gasteiger partial charge on any atom is -0.339 e. The summed E-state index contributed by atoms with van der Waals surface area (Å²) in [6, 6.07) is 0. The molecule has 1 aliphatic heterocycles. The predicted octanol–water partition coefficient (Wildman–Crippen LogP) is -0.511. The van der Waals surface area contributed by atoms with E-state index in [1.807, 2.05) is 13.8 Å². The van der Waals surface area contributed by atoms with Crippen molar-refractivity contribution in [2.75, 3.05) is 37.7 Å². The highest BCUT2D eigenvalue weighted by Crippen LogP contribution is 2.03. The highest BCUT2D eigenvalue weighted by Gasteiger charge is 2.23. The largest absolute Gasteiger partial charge is 0.339 e. The summed E-state index contributed by atoms with van der Waals surface area (Å²) >= 11 is 0. The maximum Gasteiger partial charge on any atom is 0.237 e. The van der Waals surface area contributed by atoms with Crippen molar-refractivity contribution in [3.05, 3.63) is 0 Å². The first-order chi connectivity index (χ1) is 7.41. The van der Waals surface area contributed by atoms with E-state index >= 15 is 0 Å². The Hall–Kier alpha value is -0.620. The van der Waals surface area contributed by atoms with E-state index in [9.17, 15) is 13.2 Å². The van der Waals surface area contributed by atoms with Gasteiger partial charge in [0.1, 0.15) is 5.75 Å². The third-order valence-corrected chi connectivity index (χ3v) is 4.26. The number of carbonyl (C=O) groups is 1. The van der Waals surface area contributed by atoms with Crippen molar-refractivity contribution in [3.8, 4) is 0 Å². The monoisotopic (exact) mass is 248 g/mol. The first-order valence-corrected chi connectivity index (χ1v) is 7.42. The molecule has 0 atom stereocenters. The average Bonchev–Trinajstić information content (AvgIpc) is 2.16. The SMILES string of the molecule is CC(C)CS(=O)(=O)CC(=O)N1CCNCC1. The third-order valence-electron chi connectivity index (χ3n) is 2.40. The van der Waals surface area contributed by atoms with Crippen molar-refractivity contribution in [2.45, 2.75) is 13.8 Å². The molecule has 1 heterocycles. The Morgan fingerprint density at radius 2 is 1.88 bits per heavy atom. The Kier molecular flexibility index (Phi) is 4.73. The van der Waals surface area contributed by atoms with Crippen molar-refractivity contribution in [1.82, 2.24) is 10.2 Å². The van der Waals surface area contributed by atoms with Gasteiger partial charge in [0.25, 0.3) is 0 Å². The number of nitrogens with zero attached hydrogens (tertiary/aromatic N) is 1. The summed E-state index contributed by atoms with van der Waals surface area (Å²) < 4.78 is 23.3. The number of amides is 1. The Bertz CT molecular complexity index is 332. The second kappa shape index (κ2) is 5.63. The van der Waals surface area contributed by atoms with E-state index in [4.69, 9.17) is 0 Å². The van der Waals surface area contributed by atoms with Crippen LogP contribution < -0.4 is 5.32 Å². The molecular formula is C10H20N2O3S. The highest BCUT2D eigenvalue weighted by atomic mass is 32.2. The number of nitrogens with one attached hydrogen (secondary N) is 1. The number of carbonyl (C=O) groups excluding carboxylic acids is 1. The molecule has 5 nitrogen and oxygen atoms in total.